The Bertz CT molecular complexity index is 514. The zero-order chi connectivity index (χ0) is 12.1. The highest BCUT2D eigenvalue weighted by atomic mass is 32.2. The Balaban J connectivity index is 2.04. The molecule has 0 aliphatic rings. The standard InChI is InChI=1S/C12H11N3S2/c13-12(16)11-6-10(3-5-15-11)17-8-9-2-1-4-14-7-9/h1-7H,8H2,(H2,13,16). The Morgan fingerprint density at radius 1 is 1.35 bits per heavy atom. The zero-order valence-corrected chi connectivity index (χ0v) is 10.7. The van der Waals surface area contributed by atoms with Crippen LogP contribution in [0.1, 0.15) is 11.3 Å². The first-order chi connectivity index (χ1) is 8.25. The second-order valence-electron chi connectivity index (χ2n) is 3.39. The third-order valence-corrected chi connectivity index (χ3v) is 3.39. The van der Waals surface area contributed by atoms with Crippen molar-refractivity contribution in [1.29, 1.82) is 0 Å². The molecule has 0 fully saturated rings. The van der Waals surface area contributed by atoms with Crippen molar-refractivity contribution in [2.75, 3.05) is 0 Å². The van der Waals surface area contributed by atoms with Crippen molar-refractivity contribution in [1.82, 2.24) is 9.97 Å². The van der Waals surface area contributed by atoms with Crippen LogP contribution >= 0.6 is 24.0 Å². The Labute approximate surface area is 109 Å². The van der Waals surface area contributed by atoms with E-state index in [-0.39, 0.29) is 0 Å². The van der Waals surface area contributed by atoms with Crippen molar-refractivity contribution in [3.63, 3.8) is 0 Å². The highest BCUT2D eigenvalue weighted by molar-refractivity contribution is 7.98. The molecule has 0 spiro atoms. The SMILES string of the molecule is NC(=S)c1cc(SCc2cccnc2)ccn1. The molecular formula is C12H11N3S2. The lowest BCUT2D eigenvalue weighted by Crippen LogP contribution is -2.11. The fourth-order valence-corrected chi connectivity index (χ4v) is 2.25. The van der Waals surface area contributed by atoms with E-state index in [1.54, 1.807) is 24.2 Å². The number of nitrogens with two attached hydrogens (primary N) is 1. The summed E-state index contributed by atoms with van der Waals surface area (Å²) in [6, 6.07) is 7.84. The van der Waals surface area contributed by atoms with Crippen LogP contribution in [0.25, 0.3) is 0 Å². The lowest BCUT2D eigenvalue weighted by atomic mass is 10.3. The first-order valence-electron chi connectivity index (χ1n) is 5.03. The Morgan fingerprint density at radius 3 is 2.94 bits per heavy atom. The quantitative estimate of drug-likeness (QED) is 0.676. The Hall–Kier alpha value is -1.46. The van der Waals surface area contributed by atoms with Gasteiger partial charge in [0.15, 0.2) is 0 Å². The van der Waals surface area contributed by atoms with E-state index in [4.69, 9.17) is 18.0 Å². The number of hydrogen-bond acceptors (Lipinski definition) is 4. The fraction of sp³-hybridized carbons (Fsp3) is 0.0833. The normalized spacial score (nSPS) is 10.1. The van der Waals surface area contributed by atoms with Crippen LogP contribution in [0.15, 0.2) is 47.8 Å². The van der Waals surface area contributed by atoms with Crippen molar-refractivity contribution in [3.05, 3.63) is 54.1 Å². The molecule has 5 heteroatoms. The summed E-state index contributed by atoms with van der Waals surface area (Å²) in [5.41, 5.74) is 7.39. The van der Waals surface area contributed by atoms with Gasteiger partial charge in [0.1, 0.15) is 4.99 Å². The molecular weight excluding hydrogens is 250 g/mol. The molecule has 0 saturated carbocycles. The number of pyridine rings is 2. The number of rotatable bonds is 4. The van der Waals surface area contributed by atoms with Crippen molar-refractivity contribution < 1.29 is 0 Å². The lowest BCUT2D eigenvalue weighted by molar-refractivity contribution is 1.22. The second-order valence-corrected chi connectivity index (χ2v) is 4.88. The fourth-order valence-electron chi connectivity index (χ4n) is 1.29. The van der Waals surface area contributed by atoms with Crippen LogP contribution in [0.4, 0.5) is 0 Å². The number of thiocarbonyl (C=S) groups is 1. The highest BCUT2D eigenvalue weighted by Gasteiger charge is 2.01. The zero-order valence-electron chi connectivity index (χ0n) is 9.04. The first kappa shape index (κ1) is 12.0. The smallest absolute Gasteiger partial charge is 0.122 e. The molecule has 0 aromatic carbocycles. The summed E-state index contributed by atoms with van der Waals surface area (Å²) in [5.74, 6) is 0.870. The number of thioether (sulfide) groups is 1. The molecule has 2 N–H and O–H groups in total. The summed E-state index contributed by atoms with van der Waals surface area (Å²) in [6.07, 6.45) is 5.36. The minimum absolute atomic E-state index is 0.328. The summed E-state index contributed by atoms with van der Waals surface area (Å²) in [4.78, 5) is 9.61. The molecule has 0 amide bonds. The maximum absolute atomic E-state index is 5.54. The predicted octanol–water partition coefficient (Wildman–Crippen LogP) is 2.40. The van der Waals surface area contributed by atoms with Crippen LogP contribution in [0, 0.1) is 0 Å². The van der Waals surface area contributed by atoms with Gasteiger partial charge in [0.2, 0.25) is 0 Å². The second kappa shape index (κ2) is 5.75. The molecule has 0 atom stereocenters. The molecule has 86 valence electrons. The summed E-state index contributed by atoms with van der Waals surface area (Å²) in [6.45, 7) is 0. The largest absolute Gasteiger partial charge is 0.388 e. The molecule has 2 aromatic rings. The molecule has 0 radical (unpaired) electrons. The molecule has 17 heavy (non-hydrogen) atoms. The van der Waals surface area contributed by atoms with Crippen LogP contribution in [0.2, 0.25) is 0 Å². The Kier molecular flexibility index (Phi) is 4.06. The molecule has 2 aromatic heterocycles. The van der Waals surface area contributed by atoms with Gasteiger partial charge in [0.05, 0.1) is 5.69 Å². The van der Waals surface area contributed by atoms with Gasteiger partial charge in [-0.1, -0.05) is 18.3 Å². The van der Waals surface area contributed by atoms with Gasteiger partial charge in [0, 0.05) is 29.2 Å². The van der Waals surface area contributed by atoms with Gasteiger partial charge in [-0.3, -0.25) is 9.97 Å². The molecule has 0 unspecified atom stereocenters. The maximum atomic E-state index is 5.54. The van der Waals surface area contributed by atoms with Gasteiger partial charge in [0.25, 0.3) is 0 Å². The van der Waals surface area contributed by atoms with Crippen LogP contribution in [-0.4, -0.2) is 15.0 Å². The monoisotopic (exact) mass is 261 g/mol. The Morgan fingerprint density at radius 2 is 2.24 bits per heavy atom. The van der Waals surface area contributed by atoms with E-state index >= 15 is 0 Å². The number of nitrogens with zero attached hydrogens (tertiary/aromatic N) is 2. The van der Waals surface area contributed by atoms with Crippen LogP contribution in [0.5, 0.6) is 0 Å². The molecule has 2 heterocycles. The van der Waals surface area contributed by atoms with Gasteiger partial charge in [-0.25, -0.2) is 0 Å². The molecule has 2 rings (SSSR count). The summed E-state index contributed by atoms with van der Waals surface area (Å²) < 4.78 is 0. The van der Waals surface area contributed by atoms with Crippen LogP contribution < -0.4 is 5.73 Å². The van der Waals surface area contributed by atoms with E-state index in [2.05, 4.69) is 16.0 Å². The third kappa shape index (κ3) is 3.51. The number of hydrogen-bond donors (Lipinski definition) is 1. The van der Waals surface area contributed by atoms with Crippen molar-refractivity contribution in [3.8, 4) is 0 Å². The van der Waals surface area contributed by atoms with Crippen molar-refractivity contribution in [2.45, 2.75) is 10.6 Å². The highest BCUT2D eigenvalue weighted by Crippen LogP contribution is 2.22. The van der Waals surface area contributed by atoms with E-state index in [1.165, 1.54) is 5.56 Å². The van der Waals surface area contributed by atoms with Gasteiger partial charge < -0.3 is 5.73 Å². The predicted molar refractivity (Wildman–Crippen MR) is 73.9 cm³/mol. The lowest BCUT2D eigenvalue weighted by Gasteiger charge is -2.03. The van der Waals surface area contributed by atoms with E-state index in [0.29, 0.717) is 10.7 Å². The maximum Gasteiger partial charge on any atom is 0.122 e. The molecule has 0 aliphatic heterocycles. The summed E-state index contributed by atoms with van der Waals surface area (Å²) in [7, 11) is 0. The van der Waals surface area contributed by atoms with Gasteiger partial charge in [-0.2, -0.15) is 0 Å². The van der Waals surface area contributed by atoms with Gasteiger partial charge in [-0.05, 0) is 23.8 Å². The average Bonchev–Trinajstić information content (AvgIpc) is 2.38. The minimum atomic E-state index is 0.328. The number of aromatic nitrogens is 2. The van der Waals surface area contributed by atoms with Gasteiger partial charge >= 0.3 is 0 Å². The average molecular weight is 261 g/mol. The van der Waals surface area contributed by atoms with Crippen molar-refractivity contribution in [2.24, 2.45) is 5.73 Å². The molecule has 3 nitrogen and oxygen atoms in total. The van der Waals surface area contributed by atoms with E-state index in [1.807, 2.05) is 24.4 Å². The van der Waals surface area contributed by atoms with Crippen LogP contribution in [-0.2, 0) is 5.75 Å². The van der Waals surface area contributed by atoms with E-state index in [0.717, 1.165) is 10.6 Å². The molecule has 0 saturated heterocycles. The third-order valence-electron chi connectivity index (χ3n) is 2.11. The van der Waals surface area contributed by atoms with Crippen molar-refractivity contribution >= 4 is 29.0 Å². The molecule has 0 aliphatic carbocycles. The van der Waals surface area contributed by atoms with Gasteiger partial charge in [-0.15, -0.1) is 11.8 Å². The summed E-state index contributed by atoms with van der Waals surface area (Å²) >= 11 is 6.61. The molecule has 0 bridgehead atoms. The topological polar surface area (TPSA) is 51.8 Å². The minimum Gasteiger partial charge on any atom is -0.388 e. The van der Waals surface area contributed by atoms with E-state index < -0.39 is 0 Å². The van der Waals surface area contributed by atoms with E-state index in [9.17, 15) is 0 Å². The van der Waals surface area contributed by atoms with Crippen LogP contribution in [0.3, 0.4) is 0 Å². The summed E-state index contributed by atoms with van der Waals surface area (Å²) in [5, 5.41) is 0. The first-order valence-corrected chi connectivity index (χ1v) is 6.42.